The molecule has 0 aliphatic heterocycles. The average Bonchev–Trinajstić information content (AvgIpc) is 2.49. The number of aromatic nitrogens is 3. The summed E-state index contributed by atoms with van der Waals surface area (Å²) in [6.45, 7) is 1.88. The van der Waals surface area contributed by atoms with Crippen molar-refractivity contribution in [2.75, 3.05) is 5.73 Å². The molecule has 0 saturated carbocycles. The molecule has 0 aliphatic carbocycles. The van der Waals surface area contributed by atoms with Crippen molar-refractivity contribution in [2.45, 2.75) is 13.3 Å². The molecule has 0 bridgehead atoms. The van der Waals surface area contributed by atoms with E-state index < -0.39 is 0 Å². The van der Waals surface area contributed by atoms with E-state index in [1.165, 1.54) is 4.52 Å². The summed E-state index contributed by atoms with van der Waals surface area (Å²) in [7, 11) is 0. The maximum atomic E-state index is 11.5. The van der Waals surface area contributed by atoms with Crippen molar-refractivity contribution >= 4 is 27.4 Å². The van der Waals surface area contributed by atoms with Crippen LogP contribution in [0.25, 0.3) is 5.65 Å². The highest BCUT2D eigenvalue weighted by atomic mass is 79.9. The van der Waals surface area contributed by atoms with Crippen LogP contribution in [0.1, 0.15) is 12.5 Å². The molecule has 0 fully saturated rings. The number of aromatic amines is 1. The molecular weight excluding hydrogens is 248 g/mol. The molecule has 5 nitrogen and oxygen atoms in total. The quantitative estimate of drug-likeness (QED) is 0.797. The molecule has 74 valence electrons. The zero-order valence-electron chi connectivity index (χ0n) is 7.54. The highest BCUT2D eigenvalue weighted by Gasteiger charge is 2.10. The minimum atomic E-state index is -0.154. The molecule has 0 unspecified atom stereocenters. The first-order chi connectivity index (χ1) is 6.65. The molecule has 2 aromatic heterocycles. The predicted octanol–water partition coefficient (Wildman–Crippen LogP) is 0.930. The highest BCUT2D eigenvalue weighted by molar-refractivity contribution is 9.10. The molecule has 0 radical (unpaired) electrons. The number of halogens is 1. The van der Waals surface area contributed by atoms with Crippen LogP contribution < -0.4 is 11.3 Å². The van der Waals surface area contributed by atoms with Gasteiger partial charge in [-0.25, -0.2) is 0 Å². The van der Waals surface area contributed by atoms with E-state index in [-0.39, 0.29) is 5.56 Å². The van der Waals surface area contributed by atoms with Gasteiger partial charge in [-0.1, -0.05) is 6.92 Å². The van der Waals surface area contributed by atoms with Crippen molar-refractivity contribution < 1.29 is 0 Å². The fourth-order valence-corrected chi connectivity index (χ4v) is 1.75. The van der Waals surface area contributed by atoms with E-state index in [9.17, 15) is 4.79 Å². The molecule has 2 rings (SSSR count). The molecule has 0 aliphatic rings. The lowest BCUT2D eigenvalue weighted by atomic mass is 10.2. The van der Waals surface area contributed by atoms with Gasteiger partial charge in [-0.2, -0.15) is 9.61 Å². The Labute approximate surface area is 88.1 Å². The molecule has 0 amide bonds. The lowest BCUT2D eigenvalue weighted by molar-refractivity contribution is 0.911. The third-order valence-corrected chi connectivity index (χ3v) is 2.70. The summed E-state index contributed by atoms with van der Waals surface area (Å²) in [6, 6.07) is 0. The van der Waals surface area contributed by atoms with Gasteiger partial charge < -0.3 is 10.7 Å². The van der Waals surface area contributed by atoms with Crippen LogP contribution in [0.5, 0.6) is 0 Å². The van der Waals surface area contributed by atoms with Gasteiger partial charge in [-0.15, -0.1) is 0 Å². The Hall–Kier alpha value is -1.30. The Kier molecular flexibility index (Phi) is 2.07. The first-order valence-electron chi connectivity index (χ1n) is 4.19. The normalized spacial score (nSPS) is 11.0. The number of hydrogen-bond donors (Lipinski definition) is 2. The van der Waals surface area contributed by atoms with Gasteiger partial charge in [0, 0.05) is 0 Å². The van der Waals surface area contributed by atoms with E-state index in [0.29, 0.717) is 23.4 Å². The Balaban J connectivity index is 2.95. The molecular formula is C8H9BrN4O. The van der Waals surface area contributed by atoms with Crippen molar-refractivity contribution in [1.82, 2.24) is 14.6 Å². The van der Waals surface area contributed by atoms with Crippen molar-refractivity contribution in [3.05, 3.63) is 26.6 Å². The van der Waals surface area contributed by atoms with E-state index in [2.05, 4.69) is 26.0 Å². The summed E-state index contributed by atoms with van der Waals surface area (Å²) < 4.78 is 2.24. The van der Waals surface area contributed by atoms with Crippen LogP contribution in [-0.4, -0.2) is 14.6 Å². The number of nitrogen functional groups attached to an aromatic ring is 1. The maximum absolute atomic E-state index is 11.5. The monoisotopic (exact) mass is 256 g/mol. The fourth-order valence-electron chi connectivity index (χ4n) is 1.39. The second-order valence-corrected chi connectivity index (χ2v) is 3.78. The molecule has 14 heavy (non-hydrogen) atoms. The Bertz CT molecular complexity index is 542. The number of nitrogens with zero attached hydrogens (tertiary/aromatic N) is 2. The number of rotatable bonds is 1. The van der Waals surface area contributed by atoms with Gasteiger partial charge in [0.1, 0.15) is 5.82 Å². The molecule has 0 aromatic carbocycles. The molecule has 3 N–H and O–H groups in total. The first-order valence-corrected chi connectivity index (χ1v) is 4.98. The number of hydrogen-bond acceptors (Lipinski definition) is 3. The highest BCUT2D eigenvalue weighted by Crippen LogP contribution is 2.17. The predicted molar refractivity (Wildman–Crippen MR) is 57.3 cm³/mol. The van der Waals surface area contributed by atoms with Crippen LogP contribution in [0, 0.1) is 0 Å². The van der Waals surface area contributed by atoms with E-state index in [1.807, 2.05) is 6.92 Å². The van der Waals surface area contributed by atoms with Gasteiger partial charge in [0.15, 0.2) is 5.65 Å². The molecule has 2 aromatic rings. The smallest absolute Gasteiger partial charge is 0.256 e. The molecule has 6 heteroatoms. The van der Waals surface area contributed by atoms with Gasteiger partial charge >= 0.3 is 0 Å². The number of nitrogens with two attached hydrogens (primary N) is 1. The Morgan fingerprint density at radius 3 is 3.07 bits per heavy atom. The zero-order chi connectivity index (χ0) is 10.3. The number of nitrogens with one attached hydrogen (secondary N) is 1. The average molecular weight is 257 g/mol. The number of fused-ring (bicyclic) bond motifs is 1. The Morgan fingerprint density at radius 2 is 2.43 bits per heavy atom. The minimum Gasteiger partial charge on any atom is -0.383 e. The van der Waals surface area contributed by atoms with Crippen LogP contribution in [0.3, 0.4) is 0 Å². The van der Waals surface area contributed by atoms with E-state index in [0.717, 1.165) is 4.47 Å². The van der Waals surface area contributed by atoms with Crippen LogP contribution >= 0.6 is 15.9 Å². The SMILES string of the molecule is CCc1c(N)n2ncc(Br)c2[nH]c1=O. The van der Waals surface area contributed by atoms with Crippen molar-refractivity contribution in [2.24, 2.45) is 0 Å². The zero-order valence-corrected chi connectivity index (χ0v) is 9.13. The van der Waals surface area contributed by atoms with Gasteiger partial charge in [0.05, 0.1) is 16.2 Å². The summed E-state index contributed by atoms with van der Waals surface area (Å²) >= 11 is 3.27. The topological polar surface area (TPSA) is 76.2 Å². The second kappa shape index (κ2) is 3.13. The lowest BCUT2D eigenvalue weighted by Gasteiger charge is -2.03. The molecule has 0 saturated heterocycles. The summed E-state index contributed by atoms with van der Waals surface area (Å²) in [5, 5.41) is 4.04. The fraction of sp³-hybridized carbons (Fsp3) is 0.250. The molecule has 0 atom stereocenters. The molecule has 2 heterocycles. The number of H-pyrrole nitrogens is 1. The summed E-state index contributed by atoms with van der Waals surface area (Å²) in [4.78, 5) is 14.3. The maximum Gasteiger partial charge on any atom is 0.256 e. The van der Waals surface area contributed by atoms with Crippen LogP contribution in [0.2, 0.25) is 0 Å². The van der Waals surface area contributed by atoms with E-state index >= 15 is 0 Å². The minimum absolute atomic E-state index is 0.154. The number of anilines is 1. The van der Waals surface area contributed by atoms with Crippen molar-refractivity contribution in [3.63, 3.8) is 0 Å². The van der Waals surface area contributed by atoms with Gasteiger partial charge in [-0.3, -0.25) is 4.79 Å². The van der Waals surface area contributed by atoms with E-state index in [1.54, 1.807) is 6.20 Å². The van der Waals surface area contributed by atoms with Gasteiger partial charge in [-0.05, 0) is 22.4 Å². The summed E-state index contributed by atoms with van der Waals surface area (Å²) in [6.07, 6.45) is 2.19. The van der Waals surface area contributed by atoms with Crippen LogP contribution in [0.15, 0.2) is 15.5 Å². The molecule has 0 spiro atoms. The van der Waals surface area contributed by atoms with Gasteiger partial charge in [0.25, 0.3) is 5.56 Å². The van der Waals surface area contributed by atoms with Crippen molar-refractivity contribution in [3.8, 4) is 0 Å². The standard InChI is InChI=1S/C8H9BrN4O/c1-2-4-6(10)13-7(12-8(4)14)5(9)3-11-13/h3H,2,10H2,1H3,(H,12,14). The summed E-state index contributed by atoms with van der Waals surface area (Å²) in [5.74, 6) is 0.400. The lowest BCUT2D eigenvalue weighted by Crippen LogP contribution is -2.18. The van der Waals surface area contributed by atoms with E-state index in [4.69, 9.17) is 5.73 Å². The van der Waals surface area contributed by atoms with Crippen LogP contribution in [-0.2, 0) is 6.42 Å². The van der Waals surface area contributed by atoms with Gasteiger partial charge in [0.2, 0.25) is 0 Å². The third kappa shape index (κ3) is 1.14. The largest absolute Gasteiger partial charge is 0.383 e. The van der Waals surface area contributed by atoms with Crippen LogP contribution in [0.4, 0.5) is 5.82 Å². The third-order valence-electron chi connectivity index (χ3n) is 2.12. The second-order valence-electron chi connectivity index (χ2n) is 2.92. The van der Waals surface area contributed by atoms with Crippen molar-refractivity contribution in [1.29, 1.82) is 0 Å². The first kappa shape index (κ1) is 9.26. The summed E-state index contributed by atoms with van der Waals surface area (Å²) in [5.41, 5.74) is 6.80. The Morgan fingerprint density at radius 1 is 1.71 bits per heavy atom.